The van der Waals surface area contributed by atoms with Gasteiger partial charge in [0.25, 0.3) is 0 Å². The van der Waals surface area contributed by atoms with Crippen LogP contribution in [0.15, 0.2) is 36.4 Å². The summed E-state index contributed by atoms with van der Waals surface area (Å²) in [5, 5.41) is 9.60. The zero-order valence-electron chi connectivity index (χ0n) is 10.6. The van der Waals surface area contributed by atoms with Crippen LogP contribution in [0, 0.1) is 0 Å². The van der Waals surface area contributed by atoms with E-state index in [4.69, 9.17) is 0 Å². The predicted octanol–water partition coefficient (Wildman–Crippen LogP) is 1.93. The molecule has 1 rings (SSSR count). The zero-order chi connectivity index (χ0) is 12.9. The fraction of sp³-hybridized carbons (Fsp3) is 0.357. The van der Waals surface area contributed by atoms with E-state index in [9.17, 15) is 9.90 Å². The molecule has 3 nitrogen and oxygen atoms in total. The predicted molar refractivity (Wildman–Crippen MR) is 69.4 cm³/mol. The Labute approximate surface area is 102 Å². The van der Waals surface area contributed by atoms with E-state index in [0.717, 1.165) is 5.56 Å². The lowest BCUT2D eigenvalue weighted by Crippen LogP contribution is -2.38. The number of carbonyl (C=O) groups excluding carboxylic acids is 1. The van der Waals surface area contributed by atoms with E-state index in [1.807, 2.05) is 30.3 Å². The molecule has 0 aliphatic heterocycles. The first-order valence-electron chi connectivity index (χ1n) is 5.59. The van der Waals surface area contributed by atoms with Gasteiger partial charge >= 0.3 is 0 Å². The van der Waals surface area contributed by atoms with Gasteiger partial charge in [-0.1, -0.05) is 30.3 Å². The summed E-state index contributed by atoms with van der Waals surface area (Å²) in [5.41, 5.74) is 0.114. The highest BCUT2D eigenvalue weighted by molar-refractivity contribution is 5.91. The number of benzene rings is 1. The molecule has 1 amide bonds. The highest BCUT2D eigenvalue weighted by Crippen LogP contribution is 2.05. The number of hydrogen-bond acceptors (Lipinski definition) is 2. The minimum atomic E-state index is -0.870. The van der Waals surface area contributed by atoms with Crippen LogP contribution < -0.4 is 0 Å². The largest absolute Gasteiger partial charge is 0.389 e. The molecule has 0 heterocycles. The highest BCUT2D eigenvalue weighted by Gasteiger charge is 2.17. The summed E-state index contributed by atoms with van der Waals surface area (Å²) in [7, 11) is 1.68. The summed E-state index contributed by atoms with van der Waals surface area (Å²) in [5.74, 6) is -0.115. The van der Waals surface area contributed by atoms with Crippen molar-refractivity contribution >= 4 is 12.0 Å². The van der Waals surface area contributed by atoms with Gasteiger partial charge in [-0.15, -0.1) is 0 Å². The van der Waals surface area contributed by atoms with Gasteiger partial charge in [0.2, 0.25) is 5.91 Å². The minimum absolute atomic E-state index is 0.115. The van der Waals surface area contributed by atoms with E-state index < -0.39 is 5.60 Å². The van der Waals surface area contributed by atoms with Crippen molar-refractivity contribution < 1.29 is 9.90 Å². The van der Waals surface area contributed by atoms with Gasteiger partial charge in [-0.3, -0.25) is 4.79 Å². The summed E-state index contributed by atoms with van der Waals surface area (Å²) in [4.78, 5) is 13.2. The van der Waals surface area contributed by atoms with Crippen molar-refractivity contribution in [2.45, 2.75) is 19.4 Å². The standard InChI is InChI=1S/C14H19NO2/c1-14(2,17)11-15(3)13(16)10-9-12-7-5-4-6-8-12/h4-10,17H,11H2,1-3H3. The molecule has 0 saturated carbocycles. The van der Waals surface area contributed by atoms with Crippen LogP contribution in [0.5, 0.6) is 0 Å². The third-order valence-corrected chi connectivity index (χ3v) is 2.22. The van der Waals surface area contributed by atoms with Gasteiger partial charge in [-0.25, -0.2) is 0 Å². The Morgan fingerprint density at radius 2 is 1.94 bits per heavy atom. The van der Waals surface area contributed by atoms with Crippen LogP contribution in [0.1, 0.15) is 19.4 Å². The van der Waals surface area contributed by atoms with Gasteiger partial charge < -0.3 is 10.0 Å². The van der Waals surface area contributed by atoms with E-state index in [0.29, 0.717) is 6.54 Å². The normalized spacial score (nSPS) is 11.8. The third-order valence-electron chi connectivity index (χ3n) is 2.22. The summed E-state index contributed by atoms with van der Waals surface area (Å²) >= 11 is 0. The first-order chi connectivity index (χ1) is 7.88. The maximum Gasteiger partial charge on any atom is 0.246 e. The number of hydrogen-bond donors (Lipinski definition) is 1. The van der Waals surface area contributed by atoms with E-state index >= 15 is 0 Å². The van der Waals surface area contributed by atoms with Crippen LogP contribution in [0.2, 0.25) is 0 Å². The molecule has 17 heavy (non-hydrogen) atoms. The number of amides is 1. The molecule has 0 aliphatic carbocycles. The SMILES string of the molecule is CN(CC(C)(C)O)C(=O)C=Cc1ccccc1. The van der Waals surface area contributed by atoms with Crippen LogP contribution in [0.4, 0.5) is 0 Å². The van der Waals surface area contributed by atoms with E-state index in [2.05, 4.69) is 0 Å². The molecule has 1 N–H and O–H groups in total. The lowest BCUT2D eigenvalue weighted by molar-refractivity contribution is -0.127. The average molecular weight is 233 g/mol. The fourth-order valence-electron chi connectivity index (χ4n) is 1.52. The Morgan fingerprint density at radius 1 is 1.35 bits per heavy atom. The summed E-state index contributed by atoms with van der Waals surface area (Å²) in [6.45, 7) is 3.67. The molecule has 0 unspecified atom stereocenters. The Balaban J connectivity index is 2.58. The fourth-order valence-corrected chi connectivity index (χ4v) is 1.52. The first kappa shape index (κ1) is 13.5. The molecule has 0 fully saturated rings. The third kappa shape index (κ3) is 5.31. The second-order valence-electron chi connectivity index (χ2n) is 4.75. The minimum Gasteiger partial charge on any atom is -0.389 e. The van der Waals surface area contributed by atoms with Gasteiger partial charge in [0.05, 0.1) is 5.60 Å². The topological polar surface area (TPSA) is 40.5 Å². The quantitative estimate of drug-likeness (QED) is 0.807. The maximum atomic E-state index is 11.7. The van der Waals surface area contributed by atoms with Crippen molar-refractivity contribution in [3.8, 4) is 0 Å². The second-order valence-corrected chi connectivity index (χ2v) is 4.75. The zero-order valence-corrected chi connectivity index (χ0v) is 10.6. The van der Waals surface area contributed by atoms with Crippen LogP contribution in [-0.4, -0.2) is 35.1 Å². The molecule has 1 aromatic carbocycles. The average Bonchev–Trinajstić information content (AvgIpc) is 2.25. The van der Waals surface area contributed by atoms with Crippen LogP contribution >= 0.6 is 0 Å². The first-order valence-corrected chi connectivity index (χ1v) is 5.59. The monoisotopic (exact) mass is 233 g/mol. The number of rotatable bonds is 4. The Bertz CT molecular complexity index is 390. The summed E-state index contributed by atoms with van der Waals surface area (Å²) < 4.78 is 0. The molecule has 0 aliphatic rings. The maximum absolute atomic E-state index is 11.7. The lowest BCUT2D eigenvalue weighted by atomic mass is 10.1. The van der Waals surface area contributed by atoms with Crippen molar-refractivity contribution in [1.82, 2.24) is 4.90 Å². The Kier molecular flexibility index (Phi) is 4.46. The molecule has 1 aromatic rings. The second kappa shape index (κ2) is 5.64. The van der Waals surface area contributed by atoms with Gasteiger partial charge in [0.15, 0.2) is 0 Å². The Morgan fingerprint density at radius 3 is 2.47 bits per heavy atom. The molecule has 0 spiro atoms. The van der Waals surface area contributed by atoms with Crippen molar-refractivity contribution in [2.75, 3.05) is 13.6 Å². The number of likely N-dealkylation sites (N-methyl/N-ethyl adjacent to an activating group) is 1. The van der Waals surface area contributed by atoms with Crippen molar-refractivity contribution in [3.05, 3.63) is 42.0 Å². The summed E-state index contributed by atoms with van der Waals surface area (Å²) in [6.07, 6.45) is 3.28. The number of carbonyl (C=O) groups is 1. The van der Waals surface area contributed by atoms with Crippen LogP contribution in [0.25, 0.3) is 6.08 Å². The smallest absolute Gasteiger partial charge is 0.246 e. The van der Waals surface area contributed by atoms with E-state index in [1.165, 1.54) is 11.0 Å². The van der Waals surface area contributed by atoms with Crippen LogP contribution in [0.3, 0.4) is 0 Å². The van der Waals surface area contributed by atoms with Gasteiger partial charge in [0, 0.05) is 19.7 Å². The summed E-state index contributed by atoms with van der Waals surface area (Å²) in [6, 6.07) is 9.63. The molecular formula is C14H19NO2. The van der Waals surface area contributed by atoms with E-state index in [1.54, 1.807) is 27.0 Å². The lowest BCUT2D eigenvalue weighted by Gasteiger charge is -2.24. The molecule has 0 radical (unpaired) electrons. The van der Waals surface area contributed by atoms with Crippen LogP contribution in [-0.2, 0) is 4.79 Å². The van der Waals surface area contributed by atoms with Crippen molar-refractivity contribution in [3.63, 3.8) is 0 Å². The van der Waals surface area contributed by atoms with Crippen molar-refractivity contribution in [1.29, 1.82) is 0 Å². The van der Waals surface area contributed by atoms with E-state index in [-0.39, 0.29) is 5.91 Å². The van der Waals surface area contributed by atoms with Gasteiger partial charge in [-0.2, -0.15) is 0 Å². The van der Waals surface area contributed by atoms with Gasteiger partial charge in [0.1, 0.15) is 0 Å². The molecule has 0 saturated heterocycles. The molecule has 0 aromatic heterocycles. The molecule has 92 valence electrons. The molecule has 0 atom stereocenters. The van der Waals surface area contributed by atoms with Gasteiger partial charge in [-0.05, 0) is 25.5 Å². The van der Waals surface area contributed by atoms with Crippen molar-refractivity contribution in [2.24, 2.45) is 0 Å². The Hall–Kier alpha value is -1.61. The number of aliphatic hydroxyl groups is 1. The molecule has 0 bridgehead atoms. The highest BCUT2D eigenvalue weighted by atomic mass is 16.3. The number of nitrogens with zero attached hydrogens (tertiary/aromatic N) is 1. The molecule has 3 heteroatoms. The molecular weight excluding hydrogens is 214 g/mol.